The van der Waals surface area contributed by atoms with E-state index in [0.717, 1.165) is 22.6 Å². The first-order valence-electron chi connectivity index (χ1n) is 7.31. The summed E-state index contributed by atoms with van der Waals surface area (Å²) >= 11 is 0. The van der Waals surface area contributed by atoms with Crippen molar-refractivity contribution in [1.29, 1.82) is 0 Å². The Morgan fingerprint density at radius 2 is 2.00 bits per heavy atom. The number of rotatable bonds is 4. The highest BCUT2D eigenvalue weighted by atomic mass is 16.2. The van der Waals surface area contributed by atoms with Crippen molar-refractivity contribution < 1.29 is 4.79 Å². The molecule has 6 nitrogen and oxygen atoms in total. The van der Waals surface area contributed by atoms with Crippen LogP contribution in [0.5, 0.6) is 0 Å². The van der Waals surface area contributed by atoms with Gasteiger partial charge in [0.1, 0.15) is 12.4 Å². The van der Waals surface area contributed by atoms with E-state index >= 15 is 0 Å². The lowest BCUT2D eigenvalue weighted by Gasteiger charge is -2.05. The lowest BCUT2D eigenvalue weighted by Crippen LogP contribution is -2.23. The average Bonchev–Trinajstić information content (AvgIpc) is 2.83. The minimum atomic E-state index is -0.208. The van der Waals surface area contributed by atoms with Gasteiger partial charge in [0.25, 0.3) is 5.91 Å². The predicted molar refractivity (Wildman–Crippen MR) is 89.2 cm³/mol. The molecule has 0 aliphatic heterocycles. The Balaban J connectivity index is 1.68. The number of benzene rings is 1. The number of carbonyl (C=O) groups excluding carboxylic acids is 1. The molecule has 116 valence electrons. The zero-order chi connectivity index (χ0) is 16.2. The molecule has 2 heterocycles. The zero-order valence-electron chi connectivity index (χ0n) is 13.0. The number of pyridine rings is 1. The largest absolute Gasteiger partial charge is 0.319 e. The molecule has 0 bridgehead atoms. The second kappa shape index (κ2) is 6.39. The van der Waals surface area contributed by atoms with Crippen molar-refractivity contribution in [1.82, 2.24) is 20.0 Å². The summed E-state index contributed by atoms with van der Waals surface area (Å²) in [5.41, 5.74) is 5.94. The molecule has 0 unspecified atom stereocenters. The Morgan fingerprint density at radius 3 is 2.83 bits per heavy atom. The summed E-state index contributed by atoms with van der Waals surface area (Å²) in [6.07, 6.45) is 1.53. The van der Waals surface area contributed by atoms with Crippen molar-refractivity contribution in [2.24, 2.45) is 5.10 Å². The van der Waals surface area contributed by atoms with Crippen molar-refractivity contribution in [3.63, 3.8) is 0 Å². The minimum Gasteiger partial charge on any atom is -0.319 e. The Kier molecular flexibility index (Phi) is 4.14. The van der Waals surface area contributed by atoms with Crippen LogP contribution in [0.2, 0.25) is 0 Å². The number of aromatic nitrogens is 3. The molecule has 1 N–H and O–H groups in total. The first-order chi connectivity index (χ1) is 11.1. The minimum absolute atomic E-state index is 0.172. The number of nitrogens with zero attached hydrogens (tertiary/aromatic N) is 4. The van der Waals surface area contributed by atoms with Gasteiger partial charge in [-0.2, -0.15) is 5.10 Å². The molecule has 0 aliphatic carbocycles. The third-order valence-electron chi connectivity index (χ3n) is 3.44. The van der Waals surface area contributed by atoms with E-state index in [9.17, 15) is 4.79 Å². The normalized spacial score (nSPS) is 11.2. The number of amides is 1. The summed E-state index contributed by atoms with van der Waals surface area (Å²) in [7, 11) is 0. The standard InChI is InChI=1S/C17H17N5O/c1-12-6-5-7-14(19-12)10-18-21-17(23)11-22-13(2)20-15-8-3-4-9-16(15)22/h3-10H,11H2,1-2H3,(H,21,23). The molecule has 0 fully saturated rings. The predicted octanol–water partition coefficient (Wildman–Crippen LogP) is 2.20. The van der Waals surface area contributed by atoms with Crippen LogP contribution in [0.1, 0.15) is 17.2 Å². The number of nitrogens with one attached hydrogen (secondary N) is 1. The highest BCUT2D eigenvalue weighted by Gasteiger charge is 2.09. The van der Waals surface area contributed by atoms with Crippen LogP contribution >= 0.6 is 0 Å². The summed E-state index contributed by atoms with van der Waals surface area (Å²) in [6.45, 7) is 3.96. The monoisotopic (exact) mass is 307 g/mol. The number of imidazole rings is 1. The van der Waals surface area contributed by atoms with Gasteiger partial charge in [-0.25, -0.2) is 10.4 Å². The summed E-state index contributed by atoms with van der Waals surface area (Å²) in [4.78, 5) is 20.8. The van der Waals surface area contributed by atoms with Crippen molar-refractivity contribution in [2.75, 3.05) is 0 Å². The molecule has 3 aromatic rings. The first kappa shape index (κ1) is 14.9. The zero-order valence-corrected chi connectivity index (χ0v) is 13.0. The quantitative estimate of drug-likeness (QED) is 0.593. The first-order valence-corrected chi connectivity index (χ1v) is 7.31. The molecular formula is C17H17N5O. The fourth-order valence-corrected chi connectivity index (χ4v) is 2.38. The molecule has 0 saturated carbocycles. The molecule has 1 aromatic carbocycles. The smallest absolute Gasteiger partial charge is 0.260 e. The summed E-state index contributed by atoms with van der Waals surface area (Å²) in [6, 6.07) is 13.4. The Hall–Kier alpha value is -3.02. The van der Waals surface area contributed by atoms with Crippen LogP contribution in [0.25, 0.3) is 11.0 Å². The second-order valence-electron chi connectivity index (χ2n) is 5.23. The summed E-state index contributed by atoms with van der Waals surface area (Å²) in [5.74, 6) is 0.589. The van der Waals surface area contributed by atoms with Crippen molar-refractivity contribution in [2.45, 2.75) is 20.4 Å². The molecule has 0 aliphatic rings. The van der Waals surface area contributed by atoms with Gasteiger partial charge in [0.15, 0.2) is 0 Å². The number of fused-ring (bicyclic) bond motifs is 1. The number of aryl methyl sites for hydroxylation is 2. The van der Waals surface area contributed by atoms with Crippen LogP contribution in [-0.4, -0.2) is 26.7 Å². The van der Waals surface area contributed by atoms with Crippen LogP contribution in [0.4, 0.5) is 0 Å². The molecule has 0 saturated heterocycles. The Labute approximate surface area is 133 Å². The van der Waals surface area contributed by atoms with Gasteiger partial charge in [0, 0.05) is 5.69 Å². The van der Waals surface area contributed by atoms with E-state index in [-0.39, 0.29) is 12.5 Å². The van der Waals surface area contributed by atoms with E-state index in [1.807, 2.05) is 60.9 Å². The molecule has 1 amide bonds. The Morgan fingerprint density at radius 1 is 1.17 bits per heavy atom. The molecule has 23 heavy (non-hydrogen) atoms. The molecule has 3 rings (SSSR count). The maximum absolute atomic E-state index is 12.1. The van der Waals surface area contributed by atoms with Crippen LogP contribution in [0.3, 0.4) is 0 Å². The van der Waals surface area contributed by atoms with Crippen LogP contribution < -0.4 is 5.43 Å². The maximum Gasteiger partial charge on any atom is 0.260 e. The van der Waals surface area contributed by atoms with Gasteiger partial charge in [-0.05, 0) is 38.1 Å². The van der Waals surface area contributed by atoms with Gasteiger partial charge in [-0.15, -0.1) is 0 Å². The second-order valence-corrected chi connectivity index (χ2v) is 5.23. The fraction of sp³-hybridized carbons (Fsp3) is 0.176. The van der Waals surface area contributed by atoms with Gasteiger partial charge >= 0.3 is 0 Å². The molecule has 0 spiro atoms. The topological polar surface area (TPSA) is 72.2 Å². The van der Waals surface area contributed by atoms with E-state index in [4.69, 9.17) is 0 Å². The number of carbonyl (C=O) groups is 1. The van der Waals surface area contributed by atoms with Gasteiger partial charge < -0.3 is 4.57 Å². The molecule has 0 radical (unpaired) electrons. The average molecular weight is 307 g/mol. The fourth-order valence-electron chi connectivity index (χ4n) is 2.38. The van der Waals surface area contributed by atoms with Gasteiger partial charge in [0.2, 0.25) is 0 Å². The van der Waals surface area contributed by atoms with Gasteiger partial charge in [-0.1, -0.05) is 18.2 Å². The third-order valence-corrected chi connectivity index (χ3v) is 3.44. The van der Waals surface area contributed by atoms with Crippen LogP contribution in [0.15, 0.2) is 47.6 Å². The maximum atomic E-state index is 12.1. The van der Waals surface area contributed by atoms with Crippen molar-refractivity contribution in [3.8, 4) is 0 Å². The summed E-state index contributed by atoms with van der Waals surface area (Å²) < 4.78 is 1.87. The van der Waals surface area contributed by atoms with Crippen molar-refractivity contribution in [3.05, 3.63) is 59.7 Å². The van der Waals surface area contributed by atoms with Crippen LogP contribution in [0, 0.1) is 13.8 Å². The molecule has 0 atom stereocenters. The third kappa shape index (κ3) is 3.42. The SMILES string of the molecule is Cc1cccc(C=NNC(=O)Cn2c(C)nc3ccccc32)n1. The van der Waals surface area contributed by atoms with E-state index in [0.29, 0.717) is 5.69 Å². The van der Waals surface area contributed by atoms with Crippen molar-refractivity contribution >= 4 is 23.2 Å². The van der Waals surface area contributed by atoms with Gasteiger partial charge in [-0.3, -0.25) is 9.78 Å². The number of hydrogen-bond donors (Lipinski definition) is 1. The molecule has 2 aromatic heterocycles. The van der Waals surface area contributed by atoms with E-state index in [2.05, 4.69) is 20.5 Å². The number of hydrazone groups is 1. The van der Waals surface area contributed by atoms with E-state index in [1.165, 1.54) is 6.21 Å². The van der Waals surface area contributed by atoms with E-state index in [1.54, 1.807) is 0 Å². The number of hydrogen-bond acceptors (Lipinski definition) is 4. The van der Waals surface area contributed by atoms with Crippen LogP contribution in [-0.2, 0) is 11.3 Å². The van der Waals surface area contributed by atoms with E-state index < -0.39 is 0 Å². The summed E-state index contributed by atoms with van der Waals surface area (Å²) in [5, 5.41) is 3.95. The highest BCUT2D eigenvalue weighted by Crippen LogP contribution is 2.14. The lowest BCUT2D eigenvalue weighted by molar-refractivity contribution is -0.121. The Bertz CT molecular complexity index is 882. The highest BCUT2D eigenvalue weighted by molar-refractivity contribution is 5.83. The van der Waals surface area contributed by atoms with Gasteiger partial charge in [0.05, 0.1) is 22.9 Å². The molecule has 6 heteroatoms. The molecular weight excluding hydrogens is 290 g/mol. The lowest BCUT2D eigenvalue weighted by atomic mass is 10.3. The number of para-hydroxylation sites is 2.